The molecular weight excluding hydrogens is 313 g/mol. The number of nitrogens with one attached hydrogen (secondary N) is 1. The molecule has 0 saturated carbocycles. The van der Waals surface area contributed by atoms with Crippen molar-refractivity contribution in [2.75, 3.05) is 5.32 Å². The minimum absolute atomic E-state index is 0.143. The predicted molar refractivity (Wildman–Crippen MR) is 70.8 cm³/mol. The second-order valence-electron chi connectivity index (χ2n) is 3.19. The molecular formula is C11H8BrClFNS. The van der Waals surface area contributed by atoms with Gasteiger partial charge in [-0.1, -0.05) is 11.6 Å². The van der Waals surface area contributed by atoms with Crippen molar-refractivity contribution in [1.29, 1.82) is 0 Å². The van der Waals surface area contributed by atoms with Gasteiger partial charge >= 0.3 is 0 Å². The van der Waals surface area contributed by atoms with Crippen molar-refractivity contribution in [3.8, 4) is 0 Å². The Morgan fingerprint density at radius 3 is 2.75 bits per heavy atom. The second kappa shape index (κ2) is 5.17. The first kappa shape index (κ1) is 11.9. The lowest BCUT2D eigenvalue weighted by molar-refractivity contribution is 0.628. The quantitative estimate of drug-likeness (QED) is 0.847. The van der Waals surface area contributed by atoms with Crippen molar-refractivity contribution in [2.45, 2.75) is 6.54 Å². The molecule has 1 nitrogen and oxygen atoms in total. The number of rotatable bonds is 3. The molecule has 0 fully saturated rings. The van der Waals surface area contributed by atoms with Gasteiger partial charge in [0.15, 0.2) is 0 Å². The van der Waals surface area contributed by atoms with Crippen molar-refractivity contribution >= 4 is 44.6 Å². The highest BCUT2D eigenvalue weighted by molar-refractivity contribution is 9.11. The molecule has 1 aromatic heterocycles. The van der Waals surface area contributed by atoms with Crippen LogP contribution in [-0.4, -0.2) is 0 Å². The predicted octanol–water partition coefficient (Wildman–Crippen LogP) is 4.92. The molecule has 5 heteroatoms. The van der Waals surface area contributed by atoms with Gasteiger partial charge in [-0.25, -0.2) is 4.39 Å². The summed E-state index contributed by atoms with van der Waals surface area (Å²) in [6, 6.07) is 8.71. The van der Waals surface area contributed by atoms with Crippen LogP contribution in [0, 0.1) is 5.82 Å². The number of hydrogen-bond acceptors (Lipinski definition) is 2. The third-order valence-corrected chi connectivity index (χ3v) is 3.95. The van der Waals surface area contributed by atoms with Gasteiger partial charge in [0.05, 0.1) is 8.81 Å². The Balaban J connectivity index is 2.02. The molecule has 1 N–H and O–H groups in total. The van der Waals surface area contributed by atoms with Crippen LogP contribution in [0.15, 0.2) is 34.1 Å². The van der Waals surface area contributed by atoms with E-state index < -0.39 is 5.82 Å². The van der Waals surface area contributed by atoms with Crippen LogP contribution in [0.3, 0.4) is 0 Å². The summed E-state index contributed by atoms with van der Waals surface area (Å²) < 4.78 is 14.2. The first-order valence-corrected chi connectivity index (χ1v) is 6.57. The molecule has 0 saturated heterocycles. The third kappa shape index (κ3) is 2.97. The Kier molecular flexibility index (Phi) is 3.84. The van der Waals surface area contributed by atoms with Crippen LogP contribution >= 0.6 is 38.9 Å². The van der Waals surface area contributed by atoms with Gasteiger partial charge in [-0.3, -0.25) is 0 Å². The van der Waals surface area contributed by atoms with E-state index >= 15 is 0 Å². The second-order valence-corrected chi connectivity index (χ2v) is 6.14. The van der Waals surface area contributed by atoms with Gasteiger partial charge in [-0.15, -0.1) is 11.3 Å². The highest BCUT2D eigenvalue weighted by Gasteiger charge is 2.01. The maximum absolute atomic E-state index is 13.1. The van der Waals surface area contributed by atoms with Gasteiger partial charge in [-0.2, -0.15) is 0 Å². The summed E-state index contributed by atoms with van der Waals surface area (Å²) in [5.41, 5.74) is 0.728. The van der Waals surface area contributed by atoms with Crippen LogP contribution in [0.1, 0.15) is 4.88 Å². The first-order valence-electron chi connectivity index (χ1n) is 4.58. The SMILES string of the molecule is Fc1cc(NCc2ccc(Br)s2)ccc1Cl. The summed E-state index contributed by atoms with van der Waals surface area (Å²) in [5.74, 6) is -0.404. The van der Waals surface area contributed by atoms with Gasteiger partial charge in [-0.05, 0) is 46.3 Å². The van der Waals surface area contributed by atoms with Crippen molar-refractivity contribution in [1.82, 2.24) is 0 Å². The Hall–Kier alpha value is -0.580. The Labute approximate surface area is 110 Å². The lowest BCUT2D eigenvalue weighted by atomic mass is 10.3. The van der Waals surface area contributed by atoms with Crippen molar-refractivity contribution in [3.63, 3.8) is 0 Å². The zero-order valence-corrected chi connectivity index (χ0v) is 11.3. The number of benzene rings is 1. The summed E-state index contributed by atoms with van der Waals surface area (Å²) in [5, 5.41) is 3.28. The van der Waals surface area contributed by atoms with Gasteiger partial charge < -0.3 is 5.32 Å². The summed E-state index contributed by atoms with van der Waals surface area (Å²) in [4.78, 5) is 1.18. The summed E-state index contributed by atoms with van der Waals surface area (Å²) in [7, 11) is 0. The van der Waals surface area contributed by atoms with Crippen molar-refractivity contribution < 1.29 is 4.39 Å². The number of thiophene rings is 1. The molecule has 2 aromatic rings. The average Bonchev–Trinajstić information content (AvgIpc) is 2.66. The minimum atomic E-state index is -0.404. The topological polar surface area (TPSA) is 12.0 Å². The molecule has 0 radical (unpaired) electrons. The fraction of sp³-hybridized carbons (Fsp3) is 0.0909. The zero-order chi connectivity index (χ0) is 11.5. The molecule has 2 rings (SSSR count). The van der Waals surface area contributed by atoms with Crippen molar-refractivity contribution in [3.05, 3.63) is 49.8 Å². The lowest BCUT2D eigenvalue weighted by Gasteiger charge is -2.05. The molecule has 0 bridgehead atoms. The first-order chi connectivity index (χ1) is 7.65. The van der Waals surface area contributed by atoms with E-state index in [4.69, 9.17) is 11.6 Å². The number of halogens is 3. The summed E-state index contributed by atoms with van der Waals surface area (Å²) in [6.45, 7) is 0.678. The Morgan fingerprint density at radius 2 is 2.12 bits per heavy atom. The molecule has 16 heavy (non-hydrogen) atoms. The fourth-order valence-corrected chi connectivity index (χ4v) is 2.78. The molecule has 0 amide bonds. The van der Waals surface area contributed by atoms with Gasteiger partial charge in [0, 0.05) is 17.1 Å². The molecule has 0 aliphatic carbocycles. The molecule has 0 spiro atoms. The van der Waals surface area contributed by atoms with E-state index in [1.54, 1.807) is 23.5 Å². The zero-order valence-electron chi connectivity index (χ0n) is 8.14. The maximum atomic E-state index is 13.1. The van der Waals surface area contributed by atoms with Gasteiger partial charge in [0.2, 0.25) is 0 Å². The third-order valence-electron chi connectivity index (χ3n) is 2.02. The van der Waals surface area contributed by atoms with Crippen LogP contribution in [0.2, 0.25) is 5.02 Å². The van der Waals surface area contributed by atoms with E-state index in [9.17, 15) is 4.39 Å². The van der Waals surface area contributed by atoms with E-state index in [-0.39, 0.29) is 5.02 Å². The smallest absolute Gasteiger partial charge is 0.143 e. The summed E-state index contributed by atoms with van der Waals surface area (Å²) in [6.07, 6.45) is 0. The number of hydrogen-bond donors (Lipinski definition) is 1. The minimum Gasteiger partial charge on any atom is -0.380 e. The van der Waals surface area contributed by atoms with Crippen LogP contribution in [0.25, 0.3) is 0 Å². The van der Waals surface area contributed by atoms with Crippen LogP contribution < -0.4 is 5.32 Å². The van der Waals surface area contributed by atoms with Gasteiger partial charge in [0.1, 0.15) is 5.82 Å². The average molecular weight is 321 g/mol. The monoisotopic (exact) mass is 319 g/mol. The van der Waals surface area contributed by atoms with Crippen LogP contribution in [-0.2, 0) is 6.54 Å². The molecule has 84 valence electrons. The summed E-state index contributed by atoms with van der Waals surface area (Å²) >= 11 is 10.6. The highest BCUT2D eigenvalue weighted by atomic mass is 79.9. The largest absolute Gasteiger partial charge is 0.380 e. The number of anilines is 1. The Bertz CT molecular complexity index is 500. The standard InChI is InChI=1S/C11H8BrClFNS/c12-11-4-2-8(16-11)6-15-7-1-3-9(13)10(14)5-7/h1-5,15H,6H2. The molecule has 0 unspecified atom stereocenters. The van der Waals surface area contributed by atoms with Crippen LogP contribution in [0.4, 0.5) is 10.1 Å². The molecule has 0 aliphatic heterocycles. The van der Waals surface area contributed by atoms with E-state index in [1.807, 2.05) is 12.1 Å². The molecule has 0 aliphatic rings. The highest BCUT2D eigenvalue weighted by Crippen LogP contribution is 2.24. The van der Waals surface area contributed by atoms with E-state index in [1.165, 1.54) is 10.9 Å². The van der Waals surface area contributed by atoms with Gasteiger partial charge in [0.25, 0.3) is 0 Å². The van der Waals surface area contributed by atoms with E-state index in [0.717, 1.165) is 9.47 Å². The molecule has 1 aromatic carbocycles. The Morgan fingerprint density at radius 1 is 1.31 bits per heavy atom. The maximum Gasteiger partial charge on any atom is 0.143 e. The van der Waals surface area contributed by atoms with E-state index in [0.29, 0.717) is 6.54 Å². The van der Waals surface area contributed by atoms with E-state index in [2.05, 4.69) is 21.2 Å². The fourth-order valence-electron chi connectivity index (χ4n) is 1.24. The molecule has 1 heterocycles. The van der Waals surface area contributed by atoms with Crippen molar-refractivity contribution in [2.24, 2.45) is 0 Å². The lowest BCUT2D eigenvalue weighted by Crippen LogP contribution is -1.97. The molecule has 0 atom stereocenters. The normalized spacial score (nSPS) is 10.4. The van der Waals surface area contributed by atoms with Crippen LogP contribution in [0.5, 0.6) is 0 Å².